The lowest BCUT2D eigenvalue weighted by molar-refractivity contribution is 0.185. The highest BCUT2D eigenvalue weighted by atomic mass is 16.5. The molecule has 0 aliphatic carbocycles. The molecular weight excluding hydrogens is 266 g/mol. The van der Waals surface area contributed by atoms with Crippen molar-refractivity contribution in [1.29, 1.82) is 0 Å². The van der Waals surface area contributed by atoms with Crippen molar-refractivity contribution in [2.45, 2.75) is 26.5 Å². The standard InChI is InChI=1S/C16H23N3O2/c1-13-11-19(9-6-10-20-2)16(17-13)18-15-8-5-4-7-14(15)12-21-3/h4-5,7-8,11H,6,9-10,12H2,1-3H3,(H,17,18). The summed E-state index contributed by atoms with van der Waals surface area (Å²) in [6.45, 7) is 4.20. The third-order valence-electron chi connectivity index (χ3n) is 3.21. The van der Waals surface area contributed by atoms with Crippen molar-refractivity contribution in [3.05, 3.63) is 41.7 Å². The van der Waals surface area contributed by atoms with Gasteiger partial charge in [-0.2, -0.15) is 0 Å². The van der Waals surface area contributed by atoms with E-state index < -0.39 is 0 Å². The quantitative estimate of drug-likeness (QED) is 0.759. The third-order valence-corrected chi connectivity index (χ3v) is 3.21. The molecule has 0 aliphatic rings. The summed E-state index contributed by atoms with van der Waals surface area (Å²) in [4.78, 5) is 4.56. The Morgan fingerprint density at radius 2 is 2.00 bits per heavy atom. The molecule has 0 unspecified atom stereocenters. The molecule has 5 heteroatoms. The molecule has 0 amide bonds. The second-order valence-corrected chi connectivity index (χ2v) is 4.96. The SMILES string of the molecule is COCCCn1cc(C)nc1Nc1ccccc1COC. The van der Waals surface area contributed by atoms with Crippen LogP contribution in [0.25, 0.3) is 0 Å². The molecular formula is C16H23N3O2. The molecule has 5 nitrogen and oxygen atoms in total. The van der Waals surface area contributed by atoms with Crippen LogP contribution in [0.3, 0.4) is 0 Å². The molecule has 1 aromatic carbocycles. The van der Waals surface area contributed by atoms with Crippen LogP contribution in [0.4, 0.5) is 11.6 Å². The summed E-state index contributed by atoms with van der Waals surface area (Å²) in [7, 11) is 3.42. The van der Waals surface area contributed by atoms with Crippen molar-refractivity contribution >= 4 is 11.6 Å². The summed E-state index contributed by atoms with van der Waals surface area (Å²) >= 11 is 0. The van der Waals surface area contributed by atoms with Gasteiger partial charge in [-0.1, -0.05) is 18.2 Å². The molecule has 0 atom stereocenters. The normalized spacial score (nSPS) is 10.8. The van der Waals surface area contributed by atoms with Gasteiger partial charge in [0.05, 0.1) is 12.3 Å². The molecule has 2 aromatic rings. The first kappa shape index (κ1) is 15.5. The first-order chi connectivity index (χ1) is 10.2. The van der Waals surface area contributed by atoms with Crippen molar-refractivity contribution < 1.29 is 9.47 Å². The number of aromatic nitrogens is 2. The first-order valence-electron chi connectivity index (χ1n) is 7.11. The number of anilines is 2. The Balaban J connectivity index is 2.15. The predicted molar refractivity (Wildman–Crippen MR) is 83.9 cm³/mol. The molecule has 1 heterocycles. The van der Waals surface area contributed by atoms with Gasteiger partial charge in [0.25, 0.3) is 0 Å². The maximum Gasteiger partial charge on any atom is 0.207 e. The van der Waals surface area contributed by atoms with E-state index in [2.05, 4.69) is 27.1 Å². The van der Waals surface area contributed by atoms with E-state index in [0.29, 0.717) is 6.61 Å². The number of hydrogen-bond acceptors (Lipinski definition) is 4. The van der Waals surface area contributed by atoms with Crippen LogP contribution in [-0.4, -0.2) is 30.4 Å². The van der Waals surface area contributed by atoms with Crippen molar-refractivity contribution in [2.24, 2.45) is 0 Å². The van der Waals surface area contributed by atoms with E-state index in [4.69, 9.17) is 9.47 Å². The van der Waals surface area contributed by atoms with Gasteiger partial charge in [0.15, 0.2) is 0 Å². The lowest BCUT2D eigenvalue weighted by Crippen LogP contribution is -2.06. The number of rotatable bonds is 8. The Hall–Kier alpha value is -1.85. The highest BCUT2D eigenvalue weighted by Crippen LogP contribution is 2.21. The van der Waals surface area contributed by atoms with E-state index in [9.17, 15) is 0 Å². The Morgan fingerprint density at radius 1 is 1.19 bits per heavy atom. The van der Waals surface area contributed by atoms with Crippen LogP contribution in [0, 0.1) is 6.92 Å². The highest BCUT2D eigenvalue weighted by Gasteiger charge is 2.08. The van der Waals surface area contributed by atoms with Gasteiger partial charge in [-0.25, -0.2) is 4.98 Å². The Morgan fingerprint density at radius 3 is 2.76 bits per heavy atom. The molecule has 1 aromatic heterocycles. The van der Waals surface area contributed by atoms with Gasteiger partial charge in [-0.15, -0.1) is 0 Å². The van der Waals surface area contributed by atoms with Gasteiger partial charge >= 0.3 is 0 Å². The molecule has 0 radical (unpaired) electrons. The van der Waals surface area contributed by atoms with E-state index in [1.807, 2.05) is 25.1 Å². The summed E-state index contributed by atoms with van der Waals surface area (Å²) < 4.78 is 12.5. The fourth-order valence-electron chi connectivity index (χ4n) is 2.24. The second kappa shape index (κ2) is 7.81. The number of benzene rings is 1. The van der Waals surface area contributed by atoms with Gasteiger partial charge in [0.2, 0.25) is 5.95 Å². The Kier molecular flexibility index (Phi) is 5.78. The van der Waals surface area contributed by atoms with Crippen LogP contribution in [0.2, 0.25) is 0 Å². The molecule has 21 heavy (non-hydrogen) atoms. The Bertz CT molecular complexity index is 566. The number of para-hydroxylation sites is 1. The third kappa shape index (κ3) is 4.31. The molecule has 0 saturated heterocycles. The van der Waals surface area contributed by atoms with Crippen LogP contribution >= 0.6 is 0 Å². The molecule has 0 bridgehead atoms. The van der Waals surface area contributed by atoms with Gasteiger partial charge in [0.1, 0.15) is 0 Å². The fraction of sp³-hybridized carbons (Fsp3) is 0.438. The summed E-state index contributed by atoms with van der Waals surface area (Å²) in [5.74, 6) is 0.854. The Labute approximate surface area is 125 Å². The first-order valence-corrected chi connectivity index (χ1v) is 7.11. The molecule has 0 aliphatic heterocycles. The minimum absolute atomic E-state index is 0.576. The van der Waals surface area contributed by atoms with Crippen LogP contribution in [0.1, 0.15) is 17.7 Å². The van der Waals surface area contributed by atoms with Crippen LogP contribution < -0.4 is 5.32 Å². The van der Waals surface area contributed by atoms with Crippen molar-refractivity contribution in [3.63, 3.8) is 0 Å². The van der Waals surface area contributed by atoms with E-state index in [1.165, 1.54) is 0 Å². The maximum atomic E-state index is 5.24. The largest absolute Gasteiger partial charge is 0.385 e. The summed E-state index contributed by atoms with van der Waals surface area (Å²) in [5, 5.41) is 3.40. The molecule has 0 saturated carbocycles. The number of nitrogens with zero attached hydrogens (tertiary/aromatic N) is 2. The average molecular weight is 289 g/mol. The molecule has 114 valence electrons. The van der Waals surface area contributed by atoms with Gasteiger partial charge in [0, 0.05) is 44.8 Å². The highest BCUT2D eigenvalue weighted by molar-refractivity contribution is 5.58. The average Bonchev–Trinajstić information content (AvgIpc) is 2.82. The topological polar surface area (TPSA) is 48.3 Å². The number of imidazole rings is 1. The van der Waals surface area contributed by atoms with Gasteiger partial charge in [-0.05, 0) is 19.4 Å². The molecule has 0 fully saturated rings. The van der Waals surface area contributed by atoms with E-state index in [0.717, 1.165) is 42.5 Å². The van der Waals surface area contributed by atoms with Crippen LogP contribution in [-0.2, 0) is 22.6 Å². The van der Waals surface area contributed by atoms with E-state index in [-0.39, 0.29) is 0 Å². The summed E-state index contributed by atoms with van der Waals surface area (Å²) in [6.07, 6.45) is 3.01. The van der Waals surface area contributed by atoms with Crippen LogP contribution in [0.15, 0.2) is 30.5 Å². The van der Waals surface area contributed by atoms with E-state index >= 15 is 0 Å². The number of aryl methyl sites for hydroxylation is 2. The molecule has 2 rings (SSSR count). The van der Waals surface area contributed by atoms with Crippen molar-refractivity contribution in [1.82, 2.24) is 9.55 Å². The molecule has 0 spiro atoms. The predicted octanol–water partition coefficient (Wildman–Crippen LogP) is 3.12. The van der Waals surface area contributed by atoms with E-state index in [1.54, 1.807) is 14.2 Å². The number of methoxy groups -OCH3 is 2. The number of ether oxygens (including phenoxy) is 2. The van der Waals surface area contributed by atoms with Crippen molar-refractivity contribution in [3.8, 4) is 0 Å². The van der Waals surface area contributed by atoms with Gasteiger partial charge in [-0.3, -0.25) is 0 Å². The van der Waals surface area contributed by atoms with Gasteiger partial charge < -0.3 is 19.4 Å². The minimum atomic E-state index is 0.576. The van der Waals surface area contributed by atoms with Crippen LogP contribution in [0.5, 0.6) is 0 Å². The number of hydrogen-bond donors (Lipinski definition) is 1. The summed E-state index contributed by atoms with van der Waals surface area (Å²) in [6, 6.07) is 8.11. The minimum Gasteiger partial charge on any atom is -0.385 e. The number of nitrogens with one attached hydrogen (secondary N) is 1. The zero-order chi connectivity index (χ0) is 15.1. The maximum absolute atomic E-state index is 5.24. The van der Waals surface area contributed by atoms with Crippen molar-refractivity contribution in [2.75, 3.05) is 26.1 Å². The monoisotopic (exact) mass is 289 g/mol. The smallest absolute Gasteiger partial charge is 0.207 e. The summed E-state index contributed by atoms with van der Waals surface area (Å²) in [5.41, 5.74) is 3.14. The second-order valence-electron chi connectivity index (χ2n) is 4.96. The fourth-order valence-corrected chi connectivity index (χ4v) is 2.24. The molecule has 1 N–H and O–H groups in total. The zero-order valence-electron chi connectivity index (χ0n) is 12.9. The lowest BCUT2D eigenvalue weighted by Gasteiger charge is -2.12. The zero-order valence-corrected chi connectivity index (χ0v) is 12.9. The lowest BCUT2D eigenvalue weighted by atomic mass is 10.2.